The number of hydrogen-bond acceptors (Lipinski definition) is 6. The predicted octanol–water partition coefficient (Wildman–Crippen LogP) is 3.25. The summed E-state index contributed by atoms with van der Waals surface area (Å²) in [6, 6.07) is 5.59. The van der Waals surface area contributed by atoms with Crippen LogP contribution in [0.1, 0.15) is 43.1 Å². The lowest BCUT2D eigenvalue weighted by molar-refractivity contribution is -0.181. The van der Waals surface area contributed by atoms with E-state index < -0.39 is 5.79 Å². The van der Waals surface area contributed by atoms with Crippen molar-refractivity contribution in [2.24, 2.45) is 0 Å². The second-order valence-electron chi connectivity index (χ2n) is 7.85. The summed E-state index contributed by atoms with van der Waals surface area (Å²) in [5.74, 6) is 0.0933. The fourth-order valence-electron chi connectivity index (χ4n) is 4.13. The Hall–Kier alpha value is -2.71. The Bertz CT molecular complexity index is 1020. The summed E-state index contributed by atoms with van der Waals surface area (Å²) < 4.78 is 19.0. The molecular formula is C21H24N4O4. The minimum atomic E-state index is -0.508. The van der Waals surface area contributed by atoms with Crippen LogP contribution in [0.3, 0.4) is 0 Å². The maximum atomic E-state index is 13.5. The van der Waals surface area contributed by atoms with Crippen LogP contribution in [0.5, 0.6) is 0 Å². The maximum Gasteiger partial charge on any atom is 0.254 e. The molecule has 0 saturated carbocycles. The lowest BCUT2D eigenvalue weighted by Crippen LogP contribution is -2.47. The van der Waals surface area contributed by atoms with Crippen LogP contribution in [0.15, 0.2) is 35.1 Å². The minimum Gasteiger partial charge on any atom is -0.463 e. The smallest absolute Gasteiger partial charge is 0.254 e. The first-order valence-corrected chi connectivity index (χ1v) is 10.1. The van der Waals surface area contributed by atoms with E-state index in [4.69, 9.17) is 18.9 Å². The van der Waals surface area contributed by atoms with Gasteiger partial charge in [-0.1, -0.05) is 0 Å². The molecule has 8 heteroatoms. The first-order valence-electron chi connectivity index (χ1n) is 10.1. The molecule has 1 amide bonds. The zero-order valence-electron chi connectivity index (χ0n) is 16.6. The van der Waals surface area contributed by atoms with Gasteiger partial charge in [-0.2, -0.15) is 5.10 Å². The van der Waals surface area contributed by atoms with Crippen molar-refractivity contribution in [1.29, 1.82) is 0 Å². The molecule has 5 heterocycles. The summed E-state index contributed by atoms with van der Waals surface area (Å²) in [5.41, 5.74) is 1.91. The van der Waals surface area contributed by atoms with E-state index in [9.17, 15) is 4.79 Å². The normalized spacial score (nSPS) is 18.9. The van der Waals surface area contributed by atoms with Crippen LogP contribution in [-0.2, 0) is 9.47 Å². The van der Waals surface area contributed by atoms with Gasteiger partial charge in [0, 0.05) is 32.0 Å². The van der Waals surface area contributed by atoms with Crippen molar-refractivity contribution in [2.45, 2.75) is 38.5 Å². The largest absolute Gasteiger partial charge is 0.463 e. The van der Waals surface area contributed by atoms with E-state index in [-0.39, 0.29) is 11.9 Å². The van der Waals surface area contributed by atoms with Crippen LogP contribution in [-0.4, -0.2) is 57.7 Å². The molecule has 0 aliphatic carbocycles. The van der Waals surface area contributed by atoms with Crippen molar-refractivity contribution in [3.63, 3.8) is 0 Å². The Kier molecular flexibility index (Phi) is 4.40. The maximum absolute atomic E-state index is 13.5. The third-order valence-electron chi connectivity index (χ3n) is 5.69. The van der Waals surface area contributed by atoms with E-state index in [0.29, 0.717) is 61.8 Å². The van der Waals surface area contributed by atoms with Crippen LogP contribution < -0.4 is 0 Å². The van der Waals surface area contributed by atoms with Gasteiger partial charge >= 0.3 is 0 Å². The number of aromatic nitrogens is 3. The van der Waals surface area contributed by atoms with Gasteiger partial charge < -0.3 is 18.8 Å². The number of amides is 1. The summed E-state index contributed by atoms with van der Waals surface area (Å²) in [7, 11) is 0. The number of fused-ring (bicyclic) bond motifs is 1. The van der Waals surface area contributed by atoms with E-state index in [1.807, 2.05) is 41.6 Å². The standard InChI is InChI=1S/C21H24N4O4/c1-14(2)25-19-16(13-22-25)15(12-17(23-19)18-4-3-9-27-18)20(26)24-7-5-21(6-8-24)28-10-11-29-21/h3-4,9,12-14H,5-8,10-11H2,1-2H3. The van der Waals surface area contributed by atoms with Crippen molar-refractivity contribution in [2.75, 3.05) is 26.3 Å². The van der Waals surface area contributed by atoms with Gasteiger partial charge in [0.1, 0.15) is 5.69 Å². The van der Waals surface area contributed by atoms with Crippen molar-refractivity contribution in [1.82, 2.24) is 19.7 Å². The van der Waals surface area contributed by atoms with Crippen LogP contribution in [0.4, 0.5) is 0 Å². The second-order valence-corrected chi connectivity index (χ2v) is 7.85. The Morgan fingerprint density at radius 1 is 1.21 bits per heavy atom. The minimum absolute atomic E-state index is 0.0265. The molecule has 0 aromatic carbocycles. The first kappa shape index (κ1) is 18.3. The molecule has 2 saturated heterocycles. The molecule has 0 bridgehead atoms. The molecule has 3 aromatic rings. The highest BCUT2D eigenvalue weighted by molar-refractivity contribution is 6.06. The monoisotopic (exact) mass is 396 g/mol. The zero-order valence-corrected chi connectivity index (χ0v) is 16.6. The molecule has 5 rings (SSSR count). The van der Waals surface area contributed by atoms with E-state index in [1.165, 1.54) is 0 Å². The number of ether oxygens (including phenoxy) is 2. The molecule has 0 radical (unpaired) electrons. The van der Waals surface area contributed by atoms with Gasteiger partial charge in [-0.3, -0.25) is 4.79 Å². The summed E-state index contributed by atoms with van der Waals surface area (Å²) in [4.78, 5) is 20.1. The Labute approximate surface area is 168 Å². The SMILES string of the molecule is CC(C)n1ncc2c(C(=O)N3CCC4(CC3)OCCO4)cc(-c3ccco3)nc21. The van der Waals surface area contributed by atoms with Gasteiger partial charge in [0.05, 0.1) is 36.6 Å². The average Bonchev–Trinajstić information content (AvgIpc) is 3.48. The molecule has 2 aliphatic heterocycles. The number of rotatable bonds is 3. The van der Waals surface area contributed by atoms with E-state index in [0.717, 1.165) is 5.39 Å². The fraction of sp³-hybridized carbons (Fsp3) is 0.476. The Morgan fingerprint density at radius 3 is 2.62 bits per heavy atom. The van der Waals surface area contributed by atoms with Gasteiger partial charge in [0.2, 0.25) is 0 Å². The van der Waals surface area contributed by atoms with Crippen molar-refractivity contribution in [3.8, 4) is 11.5 Å². The first-order chi connectivity index (χ1) is 14.1. The third-order valence-corrected chi connectivity index (χ3v) is 5.69. The number of carbonyl (C=O) groups excluding carboxylic acids is 1. The van der Waals surface area contributed by atoms with Gasteiger partial charge in [0.15, 0.2) is 17.2 Å². The quantitative estimate of drug-likeness (QED) is 0.676. The summed E-state index contributed by atoms with van der Waals surface area (Å²) in [6.07, 6.45) is 4.71. The van der Waals surface area contributed by atoms with Crippen molar-refractivity contribution >= 4 is 16.9 Å². The highest BCUT2D eigenvalue weighted by Gasteiger charge is 2.41. The molecule has 2 aliphatic rings. The molecular weight excluding hydrogens is 372 g/mol. The van der Waals surface area contributed by atoms with Gasteiger partial charge in [-0.05, 0) is 32.0 Å². The molecule has 2 fully saturated rings. The van der Waals surface area contributed by atoms with Gasteiger partial charge in [-0.15, -0.1) is 0 Å². The second kappa shape index (κ2) is 6.96. The van der Waals surface area contributed by atoms with E-state index in [1.54, 1.807) is 12.5 Å². The summed E-state index contributed by atoms with van der Waals surface area (Å²) in [5, 5.41) is 5.23. The number of carbonyl (C=O) groups is 1. The zero-order chi connectivity index (χ0) is 20.0. The molecule has 152 valence electrons. The number of pyridine rings is 1. The van der Waals surface area contributed by atoms with E-state index >= 15 is 0 Å². The lowest BCUT2D eigenvalue weighted by atomic mass is 10.0. The van der Waals surface area contributed by atoms with Crippen LogP contribution >= 0.6 is 0 Å². The number of piperidine rings is 1. The number of furan rings is 1. The number of nitrogens with zero attached hydrogens (tertiary/aromatic N) is 4. The fourth-order valence-corrected chi connectivity index (χ4v) is 4.13. The summed E-state index contributed by atoms with van der Waals surface area (Å²) >= 11 is 0. The van der Waals surface area contributed by atoms with Crippen LogP contribution in [0, 0.1) is 0 Å². The predicted molar refractivity (Wildman–Crippen MR) is 105 cm³/mol. The van der Waals surface area contributed by atoms with Crippen molar-refractivity contribution < 1.29 is 18.7 Å². The molecule has 0 atom stereocenters. The average molecular weight is 396 g/mol. The van der Waals surface area contributed by atoms with Gasteiger partial charge in [-0.25, -0.2) is 9.67 Å². The molecule has 0 unspecified atom stereocenters. The molecule has 29 heavy (non-hydrogen) atoms. The third kappa shape index (κ3) is 3.12. The molecule has 8 nitrogen and oxygen atoms in total. The van der Waals surface area contributed by atoms with Crippen LogP contribution in [0.2, 0.25) is 0 Å². The summed E-state index contributed by atoms with van der Waals surface area (Å²) in [6.45, 7) is 6.52. The molecule has 3 aromatic heterocycles. The van der Waals surface area contributed by atoms with Gasteiger partial charge in [0.25, 0.3) is 5.91 Å². The van der Waals surface area contributed by atoms with E-state index in [2.05, 4.69) is 5.10 Å². The Morgan fingerprint density at radius 2 is 1.97 bits per heavy atom. The highest BCUT2D eigenvalue weighted by Crippen LogP contribution is 2.33. The molecule has 1 spiro atoms. The highest BCUT2D eigenvalue weighted by atomic mass is 16.7. The number of likely N-dealkylation sites (tertiary alicyclic amines) is 1. The van der Waals surface area contributed by atoms with Crippen molar-refractivity contribution in [3.05, 3.63) is 36.2 Å². The Balaban J connectivity index is 1.52. The molecule has 0 N–H and O–H groups in total. The van der Waals surface area contributed by atoms with Crippen LogP contribution in [0.25, 0.3) is 22.5 Å². The topological polar surface area (TPSA) is 82.6 Å². The number of hydrogen-bond donors (Lipinski definition) is 0. The lowest BCUT2D eigenvalue weighted by Gasteiger charge is -2.37.